The van der Waals surface area contributed by atoms with Crippen molar-refractivity contribution in [1.82, 2.24) is 20.2 Å². The number of hydrogen-bond acceptors (Lipinski definition) is 5. The standard InChI is InChI=1S/C11H14BrN5O/c1-17-11(9(18-2)6-15-17)10(16-13)8-4-3-7(12)5-14-8/h3-6,10,16H,13H2,1-2H3. The third-order valence-electron chi connectivity index (χ3n) is 2.66. The summed E-state index contributed by atoms with van der Waals surface area (Å²) in [6, 6.07) is 3.52. The molecule has 2 heterocycles. The fourth-order valence-corrected chi connectivity index (χ4v) is 2.01. The number of hydrogen-bond donors (Lipinski definition) is 2. The Kier molecular flexibility index (Phi) is 3.95. The molecule has 1 unspecified atom stereocenters. The first kappa shape index (κ1) is 13.0. The Morgan fingerprint density at radius 3 is 2.78 bits per heavy atom. The summed E-state index contributed by atoms with van der Waals surface area (Å²) in [4.78, 5) is 4.34. The number of aromatic nitrogens is 3. The molecule has 2 aromatic rings. The van der Waals surface area contributed by atoms with Crippen LogP contribution in [0.25, 0.3) is 0 Å². The van der Waals surface area contributed by atoms with Crippen molar-refractivity contribution < 1.29 is 4.74 Å². The number of hydrazine groups is 1. The SMILES string of the molecule is COc1cnn(C)c1C(NN)c1ccc(Br)cn1. The summed E-state index contributed by atoms with van der Waals surface area (Å²) in [5, 5.41) is 4.16. The average Bonchev–Trinajstić information content (AvgIpc) is 2.74. The third kappa shape index (κ3) is 2.38. The number of ether oxygens (including phenoxy) is 1. The van der Waals surface area contributed by atoms with Crippen LogP contribution in [0.5, 0.6) is 5.75 Å². The molecule has 0 aliphatic carbocycles. The zero-order chi connectivity index (χ0) is 13.1. The van der Waals surface area contributed by atoms with Crippen LogP contribution in [0.3, 0.4) is 0 Å². The van der Waals surface area contributed by atoms with Gasteiger partial charge < -0.3 is 4.74 Å². The maximum Gasteiger partial charge on any atom is 0.162 e. The van der Waals surface area contributed by atoms with Crippen molar-refractivity contribution in [1.29, 1.82) is 0 Å². The molecule has 0 aromatic carbocycles. The summed E-state index contributed by atoms with van der Waals surface area (Å²) >= 11 is 3.35. The lowest BCUT2D eigenvalue weighted by molar-refractivity contribution is 0.400. The Labute approximate surface area is 113 Å². The number of aryl methyl sites for hydroxylation is 1. The monoisotopic (exact) mass is 311 g/mol. The lowest BCUT2D eigenvalue weighted by Crippen LogP contribution is -2.31. The molecule has 0 radical (unpaired) electrons. The second kappa shape index (κ2) is 5.47. The van der Waals surface area contributed by atoms with Crippen molar-refractivity contribution in [2.24, 2.45) is 12.9 Å². The molecule has 0 amide bonds. The van der Waals surface area contributed by atoms with Crippen molar-refractivity contribution in [3.63, 3.8) is 0 Å². The van der Waals surface area contributed by atoms with Crippen molar-refractivity contribution in [2.75, 3.05) is 7.11 Å². The van der Waals surface area contributed by atoms with Gasteiger partial charge in [0.25, 0.3) is 0 Å². The van der Waals surface area contributed by atoms with E-state index in [1.807, 2.05) is 19.2 Å². The van der Waals surface area contributed by atoms with Crippen molar-refractivity contribution >= 4 is 15.9 Å². The topological polar surface area (TPSA) is 78.0 Å². The van der Waals surface area contributed by atoms with Gasteiger partial charge >= 0.3 is 0 Å². The van der Waals surface area contributed by atoms with E-state index in [1.165, 1.54) is 0 Å². The van der Waals surface area contributed by atoms with Crippen molar-refractivity contribution in [3.8, 4) is 5.75 Å². The van der Waals surface area contributed by atoms with Crippen LogP contribution in [0.2, 0.25) is 0 Å². The highest BCUT2D eigenvalue weighted by Gasteiger charge is 2.22. The zero-order valence-corrected chi connectivity index (χ0v) is 11.7. The Morgan fingerprint density at radius 2 is 2.22 bits per heavy atom. The van der Waals surface area contributed by atoms with Crippen LogP contribution in [0.1, 0.15) is 17.4 Å². The van der Waals surface area contributed by atoms with E-state index >= 15 is 0 Å². The van der Waals surface area contributed by atoms with Gasteiger partial charge in [-0.3, -0.25) is 15.5 Å². The molecule has 0 aliphatic rings. The average molecular weight is 312 g/mol. The van der Waals surface area contributed by atoms with Gasteiger partial charge in [-0.2, -0.15) is 5.10 Å². The van der Waals surface area contributed by atoms with E-state index in [1.54, 1.807) is 24.2 Å². The fourth-order valence-electron chi connectivity index (χ4n) is 1.78. The summed E-state index contributed by atoms with van der Waals surface area (Å²) in [6.07, 6.45) is 3.38. The highest BCUT2D eigenvalue weighted by Crippen LogP contribution is 2.28. The van der Waals surface area contributed by atoms with Gasteiger partial charge in [-0.05, 0) is 28.1 Å². The molecule has 2 rings (SSSR count). The second-order valence-corrected chi connectivity index (χ2v) is 4.64. The number of nitrogens with one attached hydrogen (secondary N) is 1. The van der Waals surface area contributed by atoms with Gasteiger partial charge in [-0.15, -0.1) is 0 Å². The summed E-state index contributed by atoms with van der Waals surface area (Å²) in [5.74, 6) is 6.30. The molecule has 0 spiro atoms. The van der Waals surface area contributed by atoms with E-state index in [9.17, 15) is 0 Å². The van der Waals surface area contributed by atoms with Crippen LogP contribution in [-0.4, -0.2) is 21.9 Å². The molecule has 0 fully saturated rings. The molecule has 0 aliphatic heterocycles. The number of halogens is 1. The largest absolute Gasteiger partial charge is 0.493 e. The lowest BCUT2D eigenvalue weighted by atomic mass is 10.1. The van der Waals surface area contributed by atoms with Crippen LogP contribution in [0, 0.1) is 0 Å². The second-order valence-electron chi connectivity index (χ2n) is 3.72. The highest BCUT2D eigenvalue weighted by molar-refractivity contribution is 9.10. The van der Waals surface area contributed by atoms with Crippen LogP contribution < -0.4 is 16.0 Å². The third-order valence-corrected chi connectivity index (χ3v) is 3.12. The normalized spacial score (nSPS) is 12.4. The number of pyridine rings is 1. The zero-order valence-electron chi connectivity index (χ0n) is 10.1. The van der Waals surface area contributed by atoms with Gasteiger partial charge in [-0.25, -0.2) is 5.43 Å². The minimum atomic E-state index is -0.277. The molecule has 6 nitrogen and oxygen atoms in total. The van der Waals surface area contributed by atoms with E-state index in [0.29, 0.717) is 5.75 Å². The molecular weight excluding hydrogens is 298 g/mol. The summed E-state index contributed by atoms with van der Waals surface area (Å²) in [6.45, 7) is 0. The maximum atomic E-state index is 5.63. The first-order valence-electron chi connectivity index (χ1n) is 5.30. The first-order chi connectivity index (χ1) is 8.67. The lowest BCUT2D eigenvalue weighted by Gasteiger charge is -2.17. The minimum Gasteiger partial charge on any atom is -0.493 e. The van der Waals surface area contributed by atoms with E-state index in [-0.39, 0.29) is 6.04 Å². The van der Waals surface area contributed by atoms with Gasteiger partial charge in [0.05, 0.1) is 19.0 Å². The molecule has 7 heteroatoms. The van der Waals surface area contributed by atoms with Gasteiger partial charge in [-0.1, -0.05) is 0 Å². The van der Waals surface area contributed by atoms with E-state index in [4.69, 9.17) is 10.6 Å². The smallest absolute Gasteiger partial charge is 0.162 e. The van der Waals surface area contributed by atoms with Gasteiger partial charge in [0, 0.05) is 17.7 Å². The quantitative estimate of drug-likeness (QED) is 0.654. The Morgan fingerprint density at radius 1 is 1.44 bits per heavy atom. The molecule has 0 saturated carbocycles. The molecule has 96 valence electrons. The molecule has 18 heavy (non-hydrogen) atoms. The summed E-state index contributed by atoms with van der Waals surface area (Å²) in [7, 11) is 3.43. The van der Waals surface area contributed by atoms with Gasteiger partial charge in [0.2, 0.25) is 0 Å². The van der Waals surface area contributed by atoms with E-state index in [0.717, 1.165) is 15.9 Å². The molecule has 1 atom stereocenters. The maximum absolute atomic E-state index is 5.63. The molecule has 0 saturated heterocycles. The van der Waals surface area contributed by atoms with E-state index < -0.39 is 0 Å². The van der Waals surface area contributed by atoms with Crippen molar-refractivity contribution in [3.05, 3.63) is 40.4 Å². The predicted molar refractivity (Wildman–Crippen MR) is 70.9 cm³/mol. The Bertz CT molecular complexity index is 525. The molecule has 3 N–H and O–H groups in total. The van der Waals surface area contributed by atoms with Crippen LogP contribution in [0.4, 0.5) is 0 Å². The number of methoxy groups -OCH3 is 1. The van der Waals surface area contributed by atoms with Gasteiger partial charge in [0.15, 0.2) is 5.75 Å². The highest BCUT2D eigenvalue weighted by atomic mass is 79.9. The Balaban J connectivity index is 2.44. The summed E-state index contributed by atoms with van der Waals surface area (Å²) < 4.78 is 7.91. The van der Waals surface area contributed by atoms with Crippen molar-refractivity contribution in [2.45, 2.75) is 6.04 Å². The van der Waals surface area contributed by atoms with E-state index in [2.05, 4.69) is 31.4 Å². The Hall–Kier alpha value is -1.44. The summed E-state index contributed by atoms with van der Waals surface area (Å²) in [5.41, 5.74) is 4.36. The number of rotatable bonds is 4. The molecule has 2 aromatic heterocycles. The molecular formula is C11H14BrN5O. The first-order valence-corrected chi connectivity index (χ1v) is 6.10. The minimum absolute atomic E-state index is 0.277. The van der Waals surface area contributed by atoms with Crippen LogP contribution in [-0.2, 0) is 7.05 Å². The number of nitrogens with zero attached hydrogens (tertiary/aromatic N) is 3. The van der Waals surface area contributed by atoms with Gasteiger partial charge in [0.1, 0.15) is 11.7 Å². The molecule has 0 bridgehead atoms. The van der Waals surface area contributed by atoms with Crippen LogP contribution >= 0.6 is 15.9 Å². The van der Waals surface area contributed by atoms with Crippen LogP contribution in [0.15, 0.2) is 29.0 Å². The fraction of sp³-hybridized carbons (Fsp3) is 0.273. The number of nitrogens with two attached hydrogens (primary N) is 1. The predicted octanol–water partition coefficient (Wildman–Crippen LogP) is 1.14.